The normalized spacial score (nSPS) is 11.0. The fourth-order valence-electron chi connectivity index (χ4n) is 1.90. The van der Waals surface area contributed by atoms with Crippen LogP contribution < -0.4 is 10.1 Å². The van der Waals surface area contributed by atoms with Crippen LogP contribution in [0, 0.1) is 5.92 Å². The van der Waals surface area contributed by atoms with Crippen LogP contribution in [0.3, 0.4) is 0 Å². The Morgan fingerprint density at radius 2 is 2.10 bits per heavy atom. The Morgan fingerprint density at radius 3 is 2.85 bits per heavy atom. The van der Waals surface area contributed by atoms with Gasteiger partial charge in [-0.15, -0.1) is 0 Å². The molecule has 0 aliphatic heterocycles. The highest BCUT2D eigenvalue weighted by molar-refractivity contribution is 5.65. The van der Waals surface area contributed by atoms with Gasteiger partial charge in [0, 0.05) is 12.6 Å². The topological polar surface area (TPSA) is 47.3 Å². The molecule has 0 unspecified atom stereocenters. The Morgan fingerprint density at radius 1 is 1.30 bits per heavy atom. The molecule has 1 N–H and O–H groups in total. The maximum atomic E-state index is 5.87. The van der Waals surface area contributed by atoms with Crippen molar-refractivity contribution in [2.24, 2.45) is 5.92 Å². The Labute approximate surface area is 120 Å². The first-order chi connectivity index (χ1) is 9.70. The van der Waals surface area contributed by atoms with Gasteiger partial charge in [0.1, 0.15) is 5.75 Å². The molecule has 0 atom stereocenters. The standard InChI is InChI=1S/C16H22N2O2/c1-12(2)8-9-19-15-7-5-4-6-14(15)16-10-13(11-17-3)18-20-16/h4-7,10,12,17H,8-9,11H2,1-3H3. The smallest absolute Gasteiger partial charge is 0.170 e. The van der Waals surface area contributed by atoms with Crippen molar-refractivity contribution in [1.82, 2.24) is 10.5 Å². The molecule has 0 saturated carbocycles. The van der Waals surface area contributed by atoms with Crippen molar-refractivity contribution in [3.05, 3.63) is 36.0 Å². The Kier molecular flexibility index (Phi) is 5.18. The zero-order chi connectivity index (χ0) is 14.4. The molecule has 2 aromatic rings. The number of para-hydroxylation sites is 1. The third-order valence-corrected chi connectivity index (χ3v) is 3.02. The second-order valence-electron chi connectivity index (χ2n) is 5.24. The Bertz CT molecular complexity index is 535. The number of ether oxygens (including phenoxy) is 1. The van der Waals surface area contributed by atoms with Crippen LogP contribution in [0.2, 0.25) is 0 Å². The summed E-state index contributed by atoms with van der Waals surface area (Å²) in [4.78, 5) is 0. The predicted octanol–water partition coefficient (Wildman–Crippen LogP) is 3.49. The summed E-state index contributed by atoms with van der Waals surface area (Å²) in [6.45, 7) is 5.79. The molecule has 0 fully saturated rings. The number of nitrogens with one attached hydrogen (secondary N) is 1. The van der Waals surface area contributed by atoms with Crippen LogP contribution in [-0.4, -0.2) is 18.8 Å². The van der Waals surface area contributed by atoms with Crippen molar-refractivity contribution in [3.8, 4) is 17.1 Å². The summed E-state index contributed by atoms with van der Waals surface area (Å²) in [5, 5.41) is 7.10. The second-order valence-corrected chi connectivity index (χ2v) is 5.24. The summed E-state index contributed by atoms with van der Waals surface area (Å²) in [5.41, 5.74) is 1.84. The summed E-state index contributed by atoms with van der Waals surface area (Å²) >= 11 is 0. The van der Waals surface area contributed by atoms with Gasteiger partial charge in [0.2, 0.25) is 0 Å². The summed E-state index contributed by atoms with van der Waals surface area (Å²) in [6.07, 6.45) is 1.04. The van der Waals surface area contributed by atoms with E-state index in [1.54, 1.807) is 0 Å². The second kappa shape index (κ2) is 7.10. The average Bonchev–Trinajstić information content (AvgIpc) is 2.88. The van der Waals surface area contributed by atoms with Gasteiger partial charge in [-0.2, -0.15) is 0 Å². The van der Waals surface area contributed by atoms with Crippen LogP contribution in [0.4, 0.5) is 0 Å². The highest BCUT2D eigenvalue weighted by Crippen LogP contribution is 2.30. The third kappa shape index (κ3) is 3.84. The number of benzene rings is 1. The molecule has 0 saturated heterocycles. The summed E-state index contributed by atoms with van der Waals surface area (Å²) in [6, 6.07) is 9.86. The van der Waals surface area contributed by atoms with Crippen LogP contribution in [0.1, 0.15) is 26.0 Å². The summed E-state index contributed by atoms with van der Waals surface area (Å²) < 4.78 is 11.3. The lowest BCUT2D eigenvalue weighted by Gasteiger charge is -2.10. The van der Waals surface area contributed by atoms with Gasteiger partial charge in [-0.05, 0) is 31.5 Å². The van der Waals surface area contributed by atoms with E-state index >= 15 is 0 Å². The van der Waals surface area contributed by atoms with E-state index in [2.05, 4.69) is 24.3 Å². The monoisotopic (exact) mass is 274 g/mol. The van der Waals surface area contributed by atoms with Crippen molar-refractivity contribution in [1.29, 1.82) is 0 Å². The van der Waals surface area contributed by atoms with Gasteiger partial charge in [0.15, 0.2) is 5.76 Å². The molecule has 4 nitrogen and oxygen atoms in total. The number of hydrogen-bond acceptors (Lipinski definition) is 4. The van der Waals surface area contributed by atoms with Crippen molar-refractivity contribution in [3.63, 3.8) is 0 Å². The first kappa shape index (κ1) is 14.6. The zero-order valence-corrected chi connectivity index (χ0v) is 12.3. The highest BCUT2D eigenvalue weighted by Gasteiger charge is 2.11. The zero-order valence-electron chi connectivity index (χ0n) is 12.3. The minimum Gasteiger partial charge on any atom is -0.493 e. The van der Waals surface area contributed by atoms with E-state index < -0.39 is 0 Å². The van der Waals surface area contributed by atoms with Crippen molar-refractivity contribution >= 4 is 0 Å². The molecular formula is C16H22N2O2. The lowest BCUT2D eigenvalue weighted by Crippen LogP contribution is -2.04. The highest BCUT2D eigenvalue weighted by atomic mass is 16.5. The van der Waals surface area contributed by atoms with E-state index in [4.69, 9.17) is 9.26 Å². The fraction of sp³-hybridized carbons (Fsp3) is 0.438. The molecule has 1 heterocycles. The minimum absolute atomic E-state index is 0.634. The van der Waals surface area contributed by atoms with E-state index in [9.17, 15) is 0 Å². The fourth-order valence-corrected chi connectivity index (χ4v) is 1.90. The lowest BCUT2D eigenvalue weighted by atomic mass is 10.1. The molecule has 0 aliphatic rings. The van der Waals surface area contributed by atoms with Gasteiger partial charge >= 0.3 is 0 Å². The Balaban J connectivity index is 2.13. The first-order valence-electron chi connectivity index (χ1n) is 7.03. The van der Waals surface area contributed by atoms with Gasteiger partial charge < -0.3 is 14.6 Å². The molecular weight excluding hydrogens is 252 g/mol. The third-order valence-electron chi connectivity index (χ3n) is 3.02. The van der Waals surface area contributed by atoms with Crippen LogP contribution >= 0.6 is 0 Å². The van der Waals surface area contributed by atoms with Gasteiger partial charge in [0.05, 0.1) is 17.9 Å². The van der Waals surface area contributed by atoms with Crippen molar-refractivity contribution < 1.29 is 9.26 Å². The number of aromatic nitrogens is 1. The Hall–Kier alpha value is -1.81. The van der Waals surface area contributed by atoms with Crippen LogP contribution in [0.5, 0.6) is 5.75 Å². The number of hydrogen-bond donors (Lipinski definition) is 1. The van der Waals surface area contributed by atoms with Crippen molar-refractivity contribution in [2.45, 2.75) is 26.8 Å². The first-order valence-corrected chi connectivity index (χ1v) is 7.03. The largest absolute Gasteiger partial charge is 0.493 e. The molecule has 0 aliphatic carbocycles. The maximum Gasteiger partial charge on any atom is 0.170 e. The number of nitrogens with zero attached hydrogens (tertiary/aromatic N) is 1. The molecule has 2 rings (SSSR count). The molecule has 108 valence electrons. The van der Waals surface area contributed by atoms with Crippen LogP contribution in [0.15, 0.2) is 34.9 Å². The van der Waals surface area contributed by atoms with Crippen molar-refractivity contribution in [2.75, 3.05) is 13.7 Å². The molecule has 0 spiro atoms. The average molecular weight is 274 g/mol. The lowest BCUT2D eigenvalue weighted by molar-refractivity contribution is 0.289. The van der Waals surface area contributed by atoms with E-state index in [1.807, 2.05) is 37.4 Å². The molecule has 4 heteroatoms. The van der Waals surface area contributed by atoms with Gasteiger partial charge in [0.25, 0.3) is 0 Å². The summed E-state index contributed by atoms with van der Waals surface area (Å²) in [7, 11) is 1.89. The minimum atomic E-state index is 0.634. The van der Waals surface area contributed by atoms with Gasteiger partial charge in [-0.3, -0.25) is 0 Å². The van der Waals surface area contributed by atoms with E-state index in [0.717, 1.165) is 29.2 Å². The van der Waals surface area contributed by atoms with E-state index in [0.29, 0.717) is 19.1 Å². The van der Waals surface area contributed by atoms with E-state index in [1.165, 1.54) is 0 Å². The van der Waals surface area contributed by atoms with E-state index in [-0.39, 0.29) is 0 Å². The summed E-state index contributed by atoms with van der Waals surface area (Å²) in [5.74, 6) is 2.23. The molecule has 1 aromatic heterocycles. The quantitative estimate of drug-likeness (QED) is 0.839. The predicted molar refractivity (Wildman–Crippen MR) is 79.7 cm³/mol. The van der Waals surface area contributed by atoms with Crippen LogP contribution in [0.25, 0.3) is 11.3 Å². The van der Waals surface area contributed by atoms with Crippen LogP contribution in [-0.2, 0) is 6.54 Å². The van der Waals surface area contributed by atoms with Gasteiger partial charge in [-0.1, -0.05) is 31.1 Å². The molecule has 0 amide bonds. The molecule has 0 radical (unpaired) electrons. The number of rotatable bonds is 7. The maximum absolute atomic E-state index is 5.87. The molecule has 1 aromatic carbocycles. The molecule has 0 bridgehead atoms. The SMILES string of the molecule is CNCc1cc(-c2ccccc2OCCC(C)C)on1. The molecule has 20 heavy (non-hydrogen) atoms. The van der Waals surface area contributed by atoms with Gasteiger partial charge in [-0.25, -0.2) is 0 Å².